The zero-order valence-electron chi connectivity index (χ0n) is 21.1. The number of ether oxygens (including phenoxy) is 4. The van der Waals surface area contributed by atoms with Gasteiger partial charge in [0.05, 0.1) is 19.8 Å². The molecule has 0 radical (unpaired) electrons. The van der Waals surface area contributed by atoms with Crippen LogP contribution in [0.25, 0.3) is 21.2 Å². The average Bonchev–Trinajstić information content (AvgIpc) is 3.40. The molecule has 3 heterocycles. The standard InChI is InChI=1S/C30H30N2O5S/c33-30(31-16-23-18-35-27-6-2-3-7-28(27)37-23)19-36-26-10-9-21(15-22(26)17-32-11-13-34-14-12-32)25-20-38-29-8-4-1-5-24(25)29/h1-10,15,20,23H,11-14,16-19H2,(H,31,33)/t23-/m1/s1. The Morgan fingerprint density at radius 2 is 1.84 bits per heavy atom. The zero-order chi connectivity index (χ0) is 25.7. The van der Waals surface area contributed by atoms with Crippen molar-refractivity contribution in [1.29, 1.82) is 0 Å². The highest BCUT2D eigenvalue weighted by Crippen LogP contribution is 2.36. The van der Waals surface area contributed by atoms with Crippen LogP contribution in [0.5, 0.6) is 17.2 Å². The Kier molecular flexibility index (Phi) is 7.44. The Hall–Kier alpha value is -3.59. The Bertz CT molecular complexity index is 1410. The number of nitrogens with zero attached hydrogens (tertiary/aromatic N) is 1. The third kappa shape index (κ3) is 5.62. The van der Waals surface area contributed by atoms with Crippen molar-refractivity contribution in [2.24, 2.45) is 0 Å². The van der Waals surface area contributed by atoms with Gasteiger partial charge >= 0.3 is 0 Å². The maximum atomic E-state index is 12.6. The molecule has 1 saturated heterocycles. The number of fused-ring (bicyclic) bond motifs is 2. The molecular formula is C30H30N2O5S. The van der Waals surface area contributed by atoms with E-state index in [0.717, 1.165) is 55.5 Å². The number of hydrogen-bond donors (Lipinski definition) is 1. The smallest absolute Gasteiger partial charge is 0.258 e. The second kappa shape index (κ2) is 11.4. The minimum Gasteiger partial charge on any atom is -0.486 e. The van der Waals surface area contributed by atoms with Crippen LogP contribution in [0.3, 0.4) is 0 Å². The first-order chi connectivity index (χ1) is 18.7. The van der Waals surface area contributed by atoms with E-state index < -0.39 is 0 Å². The fourth-order valence-corrected chi connectivity index (χ4v) is 5.77. The van der Waals surface area contributed by atoms with Gasteiger partial charge < -0.3 is 24.3 Å². The molecule has 4 aromatic rings. The Morgan fingerprint density at radius 3 is 2.74 bits per heavy atom. The molecule has 0 saturated carbocycles. The lowest BCUT2D eigenvalue weighted by molar-refractivity contribution is -0.123. The van der Waals surface area contributed by atoms with Crippen LogP contribution < -0.4 is 19.5 Å². The van der Waals surface area contributed by atoms with E-state index >= 15 is 0 Å². The molecule has 0 unspecified atom stereocenters. The second-order valence-electron chi connectivity index (χ2n) is 9.45. The lowest BCUT2D eigenvalue weighted by atomic mass is 10.0. The van der Waals surface area contributed by atoms with Gasteiger partial charge in [-0.05, 0) is 41.3 Å². The fraction of sp³-hybridized carbons (Fsp3) is 0.300. The van der Waals surface area contributed by atoms with Gasteiger partial charge in [-0.1, -0.05) is 36.4 Å². The SMILES string of the molecule is O=C(COc1ccc(-c2csc3ccccc23)cc1CN1CCOCC1)NC[C@@H]1COc2ccccc2O1. The number of para-hydroxylation sites is 2. The fourth-order valence-electron chi connectivity index (χ4n) is 4.80. The summed E-state index contributed by atoms with van der Waals surface area (Å²) in [5, 5.41) is 6.37. The largest absolute Gasteiger partial charge is 0.486 e. The van der Waals surface area contributed by atoms with Crippen molar-refractivity contribution in [3.05, 3.63) is 77.7 Å². The summed E-state index contributed by atoms with van der Waals surface area (Å²) in [5.41, 5.74) is 3.43. The molecule has 1 amide bonds. The number of benzene rings is 3. The lowest BCUT2D eigenvalue weighted by Crippen LogP contribution is -2.42. The molecule has 1 atom stereocenters. The summed E-state index contributed by atoms with van der Waals surface area (Å²) in [7, 11) is 0. The van der Waals surface area contributed by atoms with Gasteiger partial charge in [-0.25, -0.2) is 0 Å². The maximum absolute atomic E-state index is 12.6. The number of carbonyl (C=O) groups is 1. The van der Waals surface area contributed by atoms with Crippen LogP contribution in [-0.4, -0.2) is 63.0 Å². The highest BCUT2D eigenvalue weighted by molar-refractivity contribution is 7.17. The van der Waals surface area contributed by atoms with Gasteiger partial charge in [0.1, 0.15) is 18.5 Å². The zero-order valence-corrected chi connectivity index (χ0v) is 21.9. The molecule has 6 rings (SSSR count). The highest BCUT2D eigenvalue weighted by atomic mass is 32.1. The molecular weight excluding hydrogens is 500 g/mol. The number of carbonyl (C=O) groups excluding carboxylic acids is 1. The monoisotopic (exact) mass is 530 g/mol. The van der Waals surface area contributed by atoms with Gasteiger partial charge in [0.25, 0.3) is 5.91 Å². The summed E-state index contributed by atoms with van der Waals surface area (Å²) in [5.74, 6) is 1.95. The summed E-state index contributed by atoms with van der Waals surface area (Å²) < 4.78 is 24.5. The molecule has 38 heavy (non-hydrogen) atoms. The highest BCUT2D eigenvalue weighted by Gasteiger charge is 2.21. The van der Waals surface area contributed by atoms with Crippen LogP contribution in [0.1, 0.15) is 5.56 Å². The summed E-state index contributed by atoms with van der Waals surface area (Å²) >= 11 is 1.75. The molecule has 8 heteroatoms. The van der Waals surface area contributed by atoms with Crippen LogP contribution in [-0.2, 0) is 16.1 Å². The Morgan fingerprint density at radius 1 is 1.03 bits per heavy atom. The molecule has 2 aliphatic heterocycles. The summed E-state index contributed by atoms with van der Waals surface area (Å²) in [6, 6.07) is 22.3. The van der Waals surface area contributed by atoms with E-state index in [1.165, 1.54) is 15.6 Å². The minimum atomic E-state index is -0.245. The summed E-state index contributed by atoms with van der Waals surface area (Å²) in [4.78, 5) is 15.0. The minimum absolute atomic E-state index is 0.0684. The van der Waals surface area contributed by atoms with Crippen LogP contribution in [0, 0.1) is 0 Å². The number of morpholine rings is 1. The number of nitrogens with one attached hydrogen (secondary N) is 1. The van der Waals surface area contributed by atoms with Crippen molar-refractivity contribution in [3.8, 4) is 28.4 Å². The predicted octanol–water partition coefficient (Wildman–Crippen LogP) is 4.74. The number of thiophene rings is 1. The molecule has 3 aromatic carbocycles. The third-order valence-corrected chi connectivity index (χ3v) is 7.77. The number of rotatable bonds is 8. The Balaban J connectivity index is 1.13. The quantitative estimate of drug-likeness (QED) is 0.355. The van der Waals surface area contributed by atoms with E-state index in [-0.39, 0.29) is 18.6 Å². The topological polar surface area (TPSA) is 69.3 Å². The molecule has 7 nitrogen and oxygen atoms in total. The molecule has 196 valence electrons. The van der Waals surface area contributed by atoms with Crippen molar-refractivity contribution in [1.82, 2.24) is 10.2 Å². The van der Waals surface area contributed by atoms with Crippen molar-refractivity contribution in [2.75, 3.05) is 46.1 Å². The van der Waals surface area contributed by atoms with Crippen molar-refractivity contribution in [2.45, 2.75) is 12.6 Å². The van der Waals surface area contributed by atoms with Gasteiger partial charge in [-0.3, -0.25) is 9.69 Å². The van der Waals surface area contributed by atoms with E-state index in [9.17, 15) is 4.79 Å². The molecule has 1 fully saturated rings. The van der Waals surface area contributed by atoms with E-state index in [1.54, 1.807) is 11.3 Å². The molecule has 1 N–H and O–H groups in total. The first-order valence-corrected chi connectivity index (χ1v) is 13.8. The normalized spacial score (nSPS) is 17.3. The first-order valence-electron chi connectivity index (χ1n) is 12.9. The average molecular weight is 531 g/mol. The number of amides is 1. The third-order valence-electron chi connectivity index (χ3n) is 6.80. The molecule has 0 spiro atoms. The van der Waals surface area contributed by atoms with Crippen LogP contribution in [0.15, 0.2) is 72.1 Å². The van der Waals surface area contributed by atoms with Gasteiger partial charge in [0.2, 0.25) is 0 Å². The van der Waals surface area contributed by atoms with E-state index in [2.05, 4.69) is 52.0 Å². The maximum Gasteiger partial charge on any atom is 0.258 e. The van der Waals surface area contributed by atoms with Crippen molar-refractivity contribution in [3.63, 3.8) is 0 Å². The van der Waals surface area contributed by atoms with Gasteiger partial charge in [-0.15, -0.1) is 11.3 Å². The number of hydrogen-bond acceptors (Lipinski definition) is 7. The van der Waals surface area contributed by atoms with Crippen LogP contribution in [0.2, 0.25) is 0 Å². The first kappa shape index (κ1) is 24.7. The Labute approximate surface area is 225 Å². The van der Waals surface area contributed by atoms with Crippen molar-refractivity contribution >= 4 is 27.3 Å². The van der Waals surface area contributed by atoms with Crippen LogP contribution >= 0.6 is 11.3 Å². The summed E-state index contributed by atoms with van der Waals surface area (Å²) in [6.45, 7) is 4.61. The molecule has 0 aliphatic carbocycles. The molecule has 0 bridgehead atoms. The summed E-state index contributed by atoms with van der Waals surface area (Å²) in [6.07, 6.45) is -0.245. The van der Waals surface area contributed by atoms with Crippen molar-refractivity contribution < 1.29 is 23.7 Å². The van der Waals surface area contributed by atoms with Gasteiger partial charge in [0.15, 0.2) is 18.1 Å². The lowest BCUT2D eigenvalue weighted by Gasteiger charge is -2.27. The van der Waals surface area contributed by atoms with Gasteiger partial charge in [-0.2, -0.15) is 0 Å². The van der Waals surface area contributed by atoms with Gasteiger partial charge in [0, 0.05) is 40.8 Å². The van der Waals surface area contributed by atoms with E-state index in [0.29, 0.717) is 18.9 Å². The van der Waals surface area contributed by atoms with E-state index in [4.69, 9.17) is 18.9 Å². The molecule has 1 aromatic heterocycles. The van der Waals surface area contributed by atoms with E-state index in [1.807, 2.05) is 30.3 Å². The predicted molar refractivity (Wildman–Crippen MR) is 148 cm³/mol. The van der Waals surface area contributed by atoms with Crippen LogP contribution in [0.4, 0.5) is 0 Å². The molecule has 2 aliphatic rings. The second-order valence-corrected chi connectivity index (χ2v) is 10.4.